The molecule has 4 nitrogen and oxygen atoms in total. The highest BCUT2D eigenvalue weighted by Gasteiger charge is 2.13. The third-order valence-electron chi connectivity index (χ3n) is 2.80. The fourth-order valence-electron chi connectivity index (χ4n) is 1.72. The Balaban J connectivity index is 2.36. The summed E-state index contributed by atoms with van der Waals surface area (Å²) >= 11 is 0. The molecule has 100 valence electrons. The van der Waals surface area contributed by atoms with E-state index in [-0.39, 0.29) is 18.0 Å². The van der Waals surface area contributed by atoms with Crippen molar-refractivity contribution in [2.75, 3.05) is 13.7 Å². The Morgan fingerprint density at radius 1 is 1.39 bits per heavy atom. The smallest absolute Gasteiger partial charge is 0.222 e. The van der Waals surface area contributed by atoms with Crippen LogP contribution < -0.4 is 11.1 Å². The topological polar surface area (TPSA) is 64.3 Å². The van der Waals surface area contributed by atoms with Gasteiger partial charge >= 0.3 is 0 Å². The molecule has 0 spiro atoms. The molecule has 18 heavy (non-hydrogen) atoms. The zero-order chi connectivity index (χ0) is 13.4. The van der Waals surface area contributed by atoms with Gasteiger partial charge in [0.1, 0.15) is 0 Å². The van der Waals surface area contributed by atoms with Crippen LogP contribution in [0.15, 0.2) is 30.3 Å². The lowest BCUT2D eigenvalue weighted by Crippen LogP contribution is -2.35. The molecule has 0 aliphatic heterocycles. The zero-order valence-electron chi connectivity index (χ0n) is 11.1. The SMILES string of the molecule is COCCC(C)NC(=O)CC(N)c1ccccc1. The molecule has 2 atom stereocenters. The largest absolute Gasteiger partial charge is 0.385 e. The van der Waals surface area contributed by atoms with Gasteiger partial charge in [0.05, 0.1) is 0 Å². The summed E-state index contributed by atoms with van der Waals surface area (Å²) in [7, 11) is 1.65. The second-order valence-corrected chi connectivity index (χ2v) is 4.47. The van der Waals surface area contributed by atoms with Crippen LogP contribution in [0.4, 0.5) is 0 Å². The Labute approximate surface area is 109 Å². The molecule has 0 aromatic heterocycles. The summed E-state index contributed by atoms with van der Waals surface area (Å²) in [5, 5.41) is 2.92. The lowest BCUT2D eigenvalue weighted by molar-refractivity contribution is -0.122. The number of amides is 1. The van der Waals surface area contributed by atoms with Crippen molar-refractivity contribution in [3.8, 4) is 0 Å². The van der Waals surface area contributed by atoms with Crippen molar-refractivity contribution in [3.63, 3.8) is 0 Å². The van der Waals surface area contributed by atoms with Crippen molar-refractivity contribution in [1.82, 2.24) is 5.32 Å². The van der Waals surface area contributed by atoms with E-state index in [0.29, 0.717) is 13.0 Å². The number of carbonyl (C=O) groups is 1. The number of ether oxygens (including phenoxy) is 1. The second-order valence-electron chi connectivity index (χ2n) is 4.47. The summed E-state index contributed by atoms with van der Waals surface area (Å²) in [6.07, 6.45) is 1.12. The Morgan fingerprint density at radius 2 is 2.06 bits per heavy atom. The summed E-state index contributed by atoms with van der Waals surface area (Å²) in [6.45, 7) is 2.61. The van der Waals surface area contributed by atoms with Crippen LogP contribution in [0.2, 0.25) is 0 Å². The summed E-state index contributed by atoms with van der Waals surface area (Å²) in [5.74, 6) is -0.0186. The molecule has 0 aliphatic carbocycles. The van der Waals surface area contributed by atoms with Gasteiger partial charge in [-0.05, 0) is 18.9 Å². The van der Waals surface area contributed by atoms with E-state index < -0.39 is 0 Å². The van der Waals surface area contributed by atoms with Crippen LogP contribution >= 0.6 is 0 Å². The van der Waals surface area contributed by atoms with Crippen molar-refractivity contribution < 1.29 is 9.53 Å². The molecular weight excluding hydrogens is 228 g/mol. The van der Waals surface area contributed by atoms with Gasteiger partial charge in [-0.25, -0.2) is 0 Å². The van der Waals surface area contributed by atoms with Gasteiger partial charge in [-0.1, -0.05) is 30.3 Å². The Hall–Kier alpha value is -1.39. The van der Waals surface area contributed by atoms with Gasteiger partial charge in [0.25, 0.3) is 0 Å². The molecule has 2 unspecified atom stereocenters. The minimum atomic E-state index is -0.249. The van der Waals surface area contributed by atoms with E-state index >= 15 is 0 Å². The molecule has 1 aromatic carbocycles. The van der Waals surface area contributed by atoms with E-state index in [2.05, 4.69) is 5.32 Å². The van der Waals surface area contributed by atoms with E-state index in [1.807, 2.05) is 37.3 Å². The molecule has 0 bridgehead atoms. The molecule has 0 radical (unpaired) electrons. The maximum Gasteiger partial charge on any atom is 0.222 e. The van der Waals surface area contributed by atoms with Crippen molar-refractivity contribution >= 4 is 5.91 Å². The van der Waals surface area contributed by atoms with Gasteiger partial charge in [0.2, 0.25) is 5.91 Å². The third kappa shape index (κ3) is 5.29. The standard InChI is InChI=1S/C14H22N2O2/c1-11(8-9-18-2)16-14(17)10-13(15)12-6-4-3-5-7-12/h3-7,11,13H,8-10,15H2,1-2H3,(H,16,17). The van der Waals surface area contributed by atoms with Gasteiger partial charge in [-0.2, -0.15) is 0 Å². The molecule has 0 aliphatic rings. The van der Waals surface area contributed by atoms with Gasteiger partial charge in [0.15, 0.2) is 0 Å². The normalized spacial score (nSPS) is 13.9. The van der Waals surface area contributed by atoms with Crippen molar-refractivity contribution in [2.24, 2.45) is 5.73 Å². The third-order valence-corrected chi connectivity index (χ3v) is 2.80. The summed E-state index contributed by atoms with van der Waals surface area (Å²) in [6, 6.07) is 9.52. The predicted molar refractivity (Wildman–Crippen MR) is 72.1 cm³/mol. The zero-order valence-corrected chi connectivity index (χ0v) is 11.1. The number of nitrogens with two attached hydrogens (primary N) is 1. The van der Waals surface area contributed by atoms with Crippen molar-refractivity contribution in [2.45, 2.75) is 31.8 Å². The Kier molecular flexibility index (Phi) is 6.39. The fourth-order valence-corrected chi connectivity index (χ4v) is 1.72. The summed E-state index contributed by atoms with van der Waals surface area (Å²) in [5.41, 5.74) is 6.97. The molecule has 4 heteroatoms. The lowest BCUT2D eigenvalue weighted by Gasteiger charge is -2.16. The van der Waals surface area contributed by atoms with Crippen molar-refractivity contribution in [1.29, 1.82) is 0 Å². The highest BCUT2D eigenvalue weighted by Crippen LogP contribution is 2.13. The first-order valence-corrected chi connectivity index (χ1v) is 6.22. The highest BCUT2D eigenvalue weighted by molar-refractivity contribution is 5.77. The average molecular weight is 250 g/mol. The minimum Gasteiger partial charge on any atom is -0.385 e. The number of methoxy groups -OCH3 is 1. The first-order chi connectivity index (χ1) is 8.63. The van der Waals surface area contributed by atoms with Gasteiger partial charge in [-0.15, -0.1) is 0 Å². The van der Waals surface area contributed by atoms with Gasteiger partial charge in [0, 0.05) is 32.2 Å². The molecule has 0 heterocycles. The molecule has 3 N–H and O–H groups in total. The molecule has 1 rings (SSSR count). The van der Waals surface area contributed by atoms with Crippen LogP contribution in [-0.4, -0.2) is 25.7 Å². The van der Waals surface area contributed by atoms with Crippen LogP contribution in [0.1, 0.15) is 31.4 Å². The quantitative estimate of drug-likeness (QED) is 0.773. The first kappa shape index (κ1) is 14.7. The predicted octanol–water partition coefficient (Wildman–Crippen LogP) is 1.62. The number of benzene rings is 1. The summed E-state index contributed by atoms with van der Waals surface area (Å²) < 4.78 is 4.97. The molecule has 0 saturated heterocycles. The lowest BCUT2D eigenvalue weighted by atomic mass is 10.0. The number of carbonyl (C=O) groups excluding carboxylic acids is 1. The van der Waals surface area contributed by atoms with Crippen LogP contribution in [0.3, 0.4) is 0 Å². The number of rotatable bonds is 7. The Morgan fingerprint density at radius 3 is 2.67 bits per heavy atom. The molecule has 1 aromatic rings. The maximum absolute atomic E-state index is 11.8. The van der Waals surface area contributed by atoms with E-state index in [1.165, 1.54) is 0 Å². The molecule has 1 amide bonds. The number of hydrogen-bond donors (Lipinski definition) is 2. The fraction of sp³-hybridized carbons (Fsp3) is 0.500. The number of nitrogens with one attached hydrogen (secondary N) is 1. The van der Waals surface area contributed by atoms with Crippen LogP contribution in [0, 0.1) is 0 Å². The van der Waals surface area contributed by atoms with E-state index in [0.717, 1.165) is 12.0 Å². The minimum absolute atomic E-state index is 0.0186. The number of hydrogen-bond acceptors (Lipinski definition) is 3. The van der Waals surface area contributed by atoms with E-state index in [9.17, 15) is 4.79 Å². The van der Waals surface area contributed by atoms with Gasteiger partial charge in [-0.3, -0.25) is 4.79 Å². The second kappa shape index (κ2) is 7.84. The summed E-state index contributed by atoms with van der Waals surface area (Å²) in [4.78, 5) is 11.8. The molecule has 0 fully saturated rings. The monoisotopic (exact) mass is 250 g/mol. The van der Waals surface area contributed by atoms with Crippen LogP contribution in [-0.2, 0) is 9.53 Å². The van der Waals surface area contributed by atoms with Crippen molar-refractivity contribution in [3.05, 3.63) is 35.9 Å². The molecular formula is C14H22N2O2. The highest BCUT2D eigenvalue weighted by atomic mass is 16.5. The van der Waals surface area contributed by atoms with Gasteiger partial charge < -0.3 is 15.8 Å². The average Bonchev–Trinajstić information content (AvgIpc) is 2.37. The van der Waals surface area contributed by atoms with Crippen LogP contribution in [0.25, 0.3) is 0 Å². The Bertz CT molecular complexity index is 354. The maximum atomic E-state index is 11.8. The van der Waals surface area contributed by atoms with E-state index in [4.69, 9.17) is 10.5 Å². The molecule has 0 saturated carbocycles. The van der Waals surface area contributed by atoms with Crippen LogP contribution in [0.5, 0.6) is 0 Å². The van der Waals surface area contributed by atoms with E-state index in [1.54, 1.807) is 7.11 Å². The first-order valence-electron chi connectivity index (χ1n) is 6.22.